The van der Waals surface area contributed by atoms with E-state index < -0.39 is 11.2 Å². The normalized spacial score (nSPS) is 16.9. The SMILES string of the molecule is COc1ccccc1-n1c(=O)c2sccc2n(CC(=O)N2CCCCC2C)c1=O. The lowest BCUT2D eigenvalue weighted by atomic mass is 10.0. The molecule has 0 saturated carbocycles. The molecule has 7 nitrogen and oxygen atoms in total. The zero-order chi connectivity index (χ0) is 20.5. The molecule has 1 aliphatic heterocycles. The number of rotatable bonds is 4. The van der Waals surface area contributed by atoms with Crippen molar-refractivity contribution in [2.45, 2.75) is 38.8 Å². The lowest BCUT2D eigenvalue weighted by Gasteiger charge is -2.33. The zero-order valence-electron chi connectivity index (χ0n) is 16.5. The summed E-state index contributed by atoms with van der Waals surface area (Å²) in [5, 5.41) is 1.77. The molecule has 1 fully saturated rings. The Balaban J connectivity index is 1.87. The Kier molecular flexibility index (Phi) is 5.27. The molecule has 8 heteroatoms. The minimum absolute atomic E-state index is 0.0914. The van der Waals surface area contributed by atoms with Gasteiger partial charge < -0.3 is 9.64 Å². The van der Waals surface area contributed by atoms with Crippen LogP contribution in [0.4, 0.5) is 0 Å². The summed E-state index contributed by atoms with van der Waals surface area (Å²) in [5.41, 5.74) is -0.0787. The van der Waals surface area contributed by atoms with Crippen LogP contribution in [0.3, 0.4) is 0 Å². The van der Waals surface area contributed by atoms with Gasteiger partial charge in [0, 0.05) is 12.6 Å². The van der Waals surface area contributed by atoms with Crippen molar-refractivity contribution in [3.63, 3.8) is 0 Å². The Morgan fingerprint density at radius 3 is 2.76 bits per heavy atom. The number of para-hydroxylation sites is 2. The summed E-state index contributed by atoms with van der Waals surface area (Å²) < 4.78 is 8.30. The van der Waals surface area contributed by atoms with Gasteiger partial charge in [-0.1, -0.05) is 12.1 Å². The highest BCUT2D eigenvalue weighted by molar-refractivity contribution is 7.17. The van der Waals surface area contributed by atoms with Crippen LogP contribution in [-0.4, -0.2) is 39.6 Å². The van der Waals surface area contributed by atoms with Crippen LogP contribution >= 0.6 is 11.3 Å². The molecule has 0 bridgehead atoms. The number of piperidine rings is 1. The molecule has 152 valence electrons. The fourth-order valence-electron chi connectivity index (χ4n) is 3.96. The maximum atomic E-state index is 13.4. The Hall–Kier alpha value is -2.87. The highest BCUT2D eigenvalue weighted by Gasteiger charge is 2.25. The van der Waals surface area contributed by atoms with Gasteiger partial charge in [0.25, 0.3) is 5.56 Å². The molecule has 29 heavy (non-hydrogen) atoms. The third-order valence-electron chi connectivity index (χ3n) is 5.50. The Morgan fingerprint density at radius 2 is 2.00 bits per heavy atom. The van der Waals surface area contributed by atoms with Gasteiger partial charge in [0.05, 0.1) is 18.3 Å². The van der Waals surface area contributed by atoms with Crippen LogP contribution in [0.1, 0.15) is 26.2 Å². The Bertz CT molecular complexity index is 1180. The molecule has 0 spiro atoms. The quantitative estimate of drug-likeness (QED) is 0.659. The minimum atomic E-state index is -0.539. The molecule has 2 aromatic heterocycles. The van der Waals surface area contributed by atoms with E-state index in [0.717, 1.165) is 23.8 Å². The first-order valence-corrected chi connectivity index (χ1v) is 10.6. The molecular weight excluding hydrogens is 390 g/mol. The third-order valence-corrected chi connectivity index (χ3v) is 6.39. The fraction of sp³-hybridized carbons (Fsp3) is 0.381. The van der Waals surface area contributed by atoms with Crippen molar-refractivity contribution in [1.29, 1.82) is 0 Å². The van der Waals surface area contributed by atoms with Gasteiger partial charge in [-0.3, -0.25) is 14.2 Å². The van der Waals surface area contributed by atoms with Crippen molar-refractivity contribution in [3.8, 4) is 11.4 Å². The lowest BCUT2D eigenvalue weighted by Crippen LogP contribution is -2.46. The van der Waals surface area contributed by atoms with Crippen molar-refractivity contribution >= 4 is 27.5 Å². The van der Waals surface area contributed by atoms with Crippen LogP contribution in [-0.2, 0) is 11.3 Å². The van der Waals surface area contributed by atoms with E-state index in [4.69, 9.17) is 4.74 Å². The number of hydrogen-bond acceptors (Lipinski definition) is 5. The summed E-state index contributed by atoms with van der Waals surface area (Å²) in [6.07, 6.45) is 3.05. The predicted octanol–water partition coefficient (Wildman–Crippen LogP) is 2.62. The van der Waals surface area contributed by atoms with Crippen molar-refractivity contribution < 1.29 is 9.53 Å². The molecule has 0 aliphatic carbocycles. The van der Waals surface area contributed by atoms with Gasteiger partial charge in [0.2, 0.25) is 5.91 Å². The third kappa shape index (κ3) is 3.37. The topological polar surface area (TPSA) is 73.5 Å². The molecule has 1 aromatic carbocycles. The molecule has 0 N–H and O–H groups in total. The number of carbonyl (C=O) groups is 1. The number of methoxy groups -OCH3 is 1. The Labute approximate surface area is 171 Å². The molecule has 1 amide bonds. The number of aromatic nitrogens is 2. The molecular formula is C21H23N3O4S. The van der Waals surface area contributed by atoms with E-state index in [1.165, 1.54) is 23.0 Å². The van der Waals surface area contributed by atoms with E-state index in [1.54, 1.807) is 35.7 Å². The molecule has 1 atom stereocenters. The van der Waals surface area contributed by atoms with E-state index in [9.17, 15) is 14.4 Å². The average molecular weight is 413 g/mol. The highest BCUT2D eigenvalue weighted by atomic mass is 32.1. The first-order valence-electron chi connectivity index (χ1n) is 9.69. The second kappa shape index (κ2) is 7.87. The first kappa shape index (κ1) is 19.4. The molecule has 1 unspecified atom stereocenters. The molecule has 1 saturated heterocycles. The van der Waals surface area contributed by atoms with E-state index in [-0.39, 0.29) is 18.5 Å². The first-order chi connectivity index (χ1) is 14.0. The molecule has 3 heterocycles. The van der Waals surface area contributed by atoms with E-state index >= 15 is 0 Å². The van der Waals surface area contributed by atoms with Gasteiger partial charge in [0.15, 0.2) is 0 Å². The van der Waals surface area contributed by atoms with Crippen molar-refractivity contribution in [2.75, 3.05) is 13.7 Å². The number of amides is 1. The van der Waals surface area contributed by atoms with Crippen LogP contribution < -0.4 is 16.0 Å². The number of ether oxygens (including phenoxy) is 1. The Morgan fingerprint density at radius 1 is 1.21 bits per heavy atom. The minimum Gasteiger partial charge on any atom is -0.495 e. The summed E-state index contributed by atoms with van der Waals surface area (Å²) in [6, 6.07) is 8.77. The van der Waals surface area contributed by atoms with E-state index in [0.29, 0.717) is 28.2 Å². The molecule has 1 aliphatic rings. The predicted molar refractivity (Wildman–Crippen MR) is 113 cm³/mol. The lowest BCUT2D eigenvalue weighted by molar-refractivity contribution is -0.135. The molecule has 3 aromatic rings. The number of carbonyl (C=O) groups excluding carboxylic acids is 1. The van der Waals surface area contributed by atoms with Crippen LogP contribution in [0, 0.1) is 0 Å². The number of nitrogens with zero attached hydrogens (tertiary/aromatic N) is 3. The van der Waals surface area contributed by atoms with Gasteiger partial charge in [-0.15, -0.1) is 11.3 Å². The average Bonchev–Trinajstić information content (AvgIpc) is 3.22. The van der Waals surface area contributed by atoms with Gasteiger partial charge in [-0.25, -0.2) is 9.36 Å². The standard InChI is InChI=1S/C21H23N3O4S/c1-14-7-5-6-11-22(14)18(25)13-23-16-10-12-29-19(16)20(26)24(21(23)27)15-8-3-4-9-17(15)28-2/h3-4,8-10,12,14H,5-7,11,13H2,1-2H3. The van der Waals surface area contributed by atoms with Crippen molar-refractivity contribution in [2.24, 2.45) is 0 Å². The second-order valence-electron chi connectivity index (χ2n) is 7.25. The number of hydrogen-bond donors (Lipinski definition) is 0. The largest absolute Gasteiger partial charge is 0.495 e. The maximum absolute atomic E-state index is 13.4. The number of fused-ring (bicyclic) bond motifs is 1. The van der Waals surface area contributed by atoms with Crippen LogP contribution in [0.5, 0.6) is 5.75 Å². The summed E-state index contributed by atoms with van der Waals surface area (Å²) in [6.45, 7) is 2.65. The van der Waals surface area contributed by atoms with E-state index in [1.807, 2.05) is 11.8 Å². The number of thiophene rings is 1. The monoisotopic (exact) mass is 413 g/mol. The summed E-state index contributed by atoms with van der Waals surface area (Å²) in [4.78, 5) is 41.3. The van der Waals surface area contributed by atoms with Crippen LogP contribution in [0.25, 0.3) is 15.9 Å². The van der Waals surface area contributed by atoms with Gasteiger partial charge in [0.1, 0.15) is 17.0 Å². The van der Waals surface area contributed by atoms with Gasteiger partial charge in [-0.2, -0.15) is 0 Å². The van der Waals surface area contributed by atoms with Crippen LogP contribution in [0.15, 0.2) is 45.3 Å². The smallest absolute Gasteiger partial charge is 0.336 e. The second-order valence-corrected chi connectivity index (χ2v) is 8.16. The van der Waals surface area contributed by atoms with Crippen LogP contribution in [0.2, 0.25) is 0 Å². The summed E-state index contributed by atoms with van der Waals surface area (Å²) in [5.74, 6) is 0.321. The molecule has 0 radical (unpaired) electrons. The van der Waals surface area contributed by atoms with Crippen molar-refractivity contribution in [1.82, 2.24) is 14.0 Å². The highest BCUT2D eigenvalue weighted by Crippen LogP contribution is 2.22. The summed E-state index contributed by atoms with van der Waals surface area (Å²) >= 11 is 1.26. The number of benzene rings is 1. The molecule has 4 rings (SSSR count). The fourth-order valence-corrected chi connectivity index (χ4v) is 4.79. The summed E-state index contributed by atoms with van der Waals surface area (Å²) in [7, 11) is 1.49. The van der Waals surface area contributed by atoms with Gasteiger partial charge in [-0.05, 0) is 49.8 Å². The number of likely N-dealkylation sites (tertiary alicyclic amines) is 1. The van der Waals surface area contributed by atoms with Gasteiger partial charge >= 0.3 is 5.69 Å². The van der Waals surface area contributed by atoms with Crippen molar-refractivity contribution in [3.05, 3.63) is 56.5 Å². The maximum Gasteiger partial charge on any atom is 0.336 e. The zero-order valence-corrected chi connectivity index (χ0v) is 17.3. The van der Waals surface area contributed by atoms with E-state index in [2.05, 4.69) is 0 Å².